The number of aliphatic hydroxyl groups excluding tert-OH is 5. The number of aliphatic hydroxyl groups is 5. The average molecular weight is 1050 g/mol. The number of unbranched alkanes of at least 4 members (excludes halogenated alkanes) is 18. The molecule has 1 heterocycles. The third-order valence-corrected chi connectivity index (χ3v) is 13.0. The van der Waals surface area contributed by atoms with Crippen LogP contribution in [0.5, 0.6) is 0 Å². The van der Waals surface area contributed by atoms with Crippen molar-refractivity contribution in [3.05, 3.63) is 122 Å². The predicted molar refractivity (Wildman–Crippen MR) is 310 cm³/mol. The van der Waals surface area contributed by atoms with Crippen molar-refractivity contribution in [1.82, 2.24) is 5.32 Å². The zero-order valence-corrected chi connectivity index (χ0v) is 46.9. The molecule has 1 rings (SSSR count). The van der Waals surface area contributed by atoms with Crippen LogP contribution in [0.3, 0.4) is 0 Å². The van der Waals surface area contributed by atoms with Crippen molar-refractivity contribution >= 4 is 11.9 Å². The summed E-state index contributed by atoms with van der Waals surface area (Å²) in [7, 11) is 0. The fourth-order valence-corrected chi connectivity index (χ4v) is 8.33. The van der Waals surface area contributed by atoms with Gasteiger partial charge in [-0.2, -0.15) is 0 Å². The Bertz CT molecular complexity index is 1680. The zero-order chi connectivity index (χ0) is 54.7. The van der Waals surface area contributed by atoms with Crippen LogP contribution in [0.1, 0.15) is 207 Å². The summed E-state index contributed by atoms with van der Waals surface area (Å²) >= 11 is 0. The maximum atomic E-state index is 13.3. The number of hydrogen-bond acceptors (Lipinski definition) is 10. The molecule has 8 atom stereocenters. The Hall–Kier alpha value is -3.94. The van der Waals surface area contributed by atoms with Gasteiger partial charge in [0.05, 0.1) is 25.4 Å². The molecule has 0 spiro atoms. The zero-order valence-electron chi connectivity index (χ0n) is 46.9. The average Bonchev–Trinajstić information content (AvgIpc) is 3.41. The van der Waals surface area contributed by atoms with E-state index in [1.807, 2.05) is 48.6 Å². The van der Waals surface area contributed by atoms with Crippen LogP contribution in [0.2, 0.25) is 0 Å². The fourth-order valence-electron chi connectivity index (χ4n) is 8.33. The maximum Gasteiger partial charge on any atom is 0.306 e. The Morgan fingerprint density at radius 3 is 1.60 bits per heavy atom. The first kappa shape index (κ1) is 69.1. The molecule has 1 aliphatic rings. The van der Waals surface area contributed by atoms with Gasteiger partial charge >= 0.3 is 5.97 Å². The summed E-state index contributed by atoms with van der Waals surface area (Å²) in [6.07, 6.45) is 59.6. The highest BCUT2D eigenvalue weighted by molar-refractivity contribution is 5.80. The first-order valence-corrected chi connectivity index (χ1v) is 29.4. The van der Waals surface area contributed by atoms with Crippen molar-refractivity contribution in [3.8, 4) is 0 Å². The molecule has 0 aromatic rings. The van der Waals surface area contributed by atoms with Crippen LogP contribution >= 0.6 is 0 Å². The van der Waals surface area contributed by atoms with Crippen molar-refractivity contribution in [3.63, 3.8) is 0 Å². The molecule has 0 aromatic carbocycles. The predicted octanol–water partition coefficient (Wildman–Crippen LogP) is 13.5. The van der Waals surface area contributed by atoms with Gasteiger partial charge in [0.25, 0.3) is 0 Å². The Labute approximate surface area is 455 Å². The summed E-state index contributed by atoms with van der Waals surface area (Å²) in [5, 5.41) is 56.8. The summed E-state index contributed by atoms with van der Waals surface area (Å²) in [6.45, 7) is 5.47. The lowest BCUT2D eigenvalue weighted by Crippen LogP contribution is -2.61. The minimum Gasteiger partial charge on any atom is -0.454 e. The number of allylic oxidation sites excluding steroid dienone is 19. The van der Waals surface area contributed by atoms with Crippen molar-refractivity contribution < 1.29 is 49.3 Å². The summed E-state index contributed by atoms with van der Waals surface area (Å²) in [5.74, 6) is -1.27. The SMILES string of the molecule is CC/C=C\C/C=C\C/C=C\C/C=C\C/C=C\CCCCCCCC(=O)OC1C(OCC(NC(=O)C(O)CCCC\C=C/C=C\C=C\C=C\CC)C(O)/C=C/CCCCCCCCCCCCC)OC(CO)C(O)C1O. The number of carbonyl (C=O) groups excluding carboxylic acids is 2. The van der Waals surface area contributed by atoms with Crippen LogP contribution in [-0.2, 0) is 23.8 Å². The number of hydrogen-bond donors (Lipinski definition) is 6. The molecular weight excluding hydrogens is 943 g/mol. The molecule has 75 heavy (non-hydrogen) atoms. The molecule has 6 N–H and O–H groups in total. The second kappa shape index (κ2) is 50.9. The number of esters is 1. The van der Waals surface area contributed by atoms with Gasteiger partial charge in [0.2, 0.25) is 5.91 Å². The first-order chi connectivity index (χ1) is 36.7. The highest BCUT2D eigenvalue weighted by atomic mass is 16.7. The second-order valence-electron chi connectivity index (χ2n) is 19.7. The van der Waals surface area contributed by atoms with E-state index in [0.717, 1.165) is 109 Å². The molecule has 8 unspecified atom stereocenters. The fraction of sp³-hybridized carbons (Fsp3) is 0.656. The summed E-state index contributed by atoms with van der Waals surface area (Å²) < 4.78 is 17.5. The molecule has 1 saturated heterocycles. The molecule has 0 radical (unpaired) electrons. The highest BCUT2D eigenvalue weighted by Crippen LogP contribution is 2.26. The van der Waals surface area contributed by atoms with E-state index >= 15 is 0 Å². The quantitative estimate of drug-likeness (QED) is 0.0149. The van der Waals surface area contributed by atoms with Crippen molar-refractivity contribution in [1.29, 1.82) is 0 Å². The van der Waals surface area contributed by atoms with E-state index in [-0.39, 0.29) is 19.4 Å². The number of rotatable bonds is 47. The largest absolute Gasteiger partial charge is 0.454 e. The van der Waals surface area contributed by atoms with Crippen molar-refractivity contribution in [2.75, 3.05) is 13.2 Å². The summed E-state index contributed by atoms with van der Waals surface area (Å²) in [4.78, 5) is 26.5. The monoisotopic (exact) mass is 1050 g/mol. The third-order valence-electron chi connectivity index (χ3n) is 13.0. The number of carbonyl (C=O) groups is 2. The Morgan fingerprint density at radius 2 is 1.03 bits per heavy atom. The Morgan fingerprint density at radius 1 is 0.547 bits per heavy atom. The summed E-state index contributed by atoms with van der Waals surface area (Å²) in [6, 6.07) is -1.06. The first-order valence-electron chi connectivity index (χ1n) is 29.4. The summed E-state index contributed by atoms with van der Waals surface area (Å²) in [5.41, 5.74) is 0. The van der Waals surface area contributed by atoms with E-state index in [0.29, 0.717) is 12.8 Å². The molecule has 0 aromatic heterocycles. The molecule has 1 fully saturated rings. The Balaban J connectivity index is 2.73. The smallest absolute Gasteiger partial charge is 0.306 e. The van der Waals surface area contributed by atoms with Crippen LogP contribution in [0, 0.1) is 0 Å². The number of nitrogens with one attached hydrogen (secondary N) is 1. The molecule has 1 amide bonds. The molecule has 0 aliphatic carbocycles. The van der Waals surface area contributed by atoms with Gasteiger partial charge in [-0.25, -0.2) is 0 Å². The van der Waals surface area contributed by atoms with E-state index in [9.17, 15) is 35.1 Å². The normalized spacial score (nSPS) is 20.1. The lowest BCUT2D eigenvalue weighted by atomic mass is 9.99. The van der Waals surface area contributed by atoms with Gasteiger partial charge in [-0.3, -0.25) is 9.59 Å². The second-order valence-corrected chi connectivity index (χ2v) is 19.7. The van der Waals surface area contributed by atoms with E-state index in [1.54, 1.807) is 6.08 Å². The van der Waals surface area contributed by atoms with Gasteiger partial charge in [0.1, 0.15) is 24.4 Å². The molecule has 0 saturated carbocycles. The molecule has 0 bridgehead atoms. The maximum absolute atomic E-state index is 13.3. The van der Waals surface area contributed by atoms with Crippen molar-refractivity contribution in [2.24, 2.45) is 0 Å². The van der Waals surface area contributed by atoms with Crippen LogP contribution in [0.15, 0.2) is 122 Å². The van der Waals surface area contributed by atoms with Gasteiger partial charge in [-0.1, -0.05) is 232 Å². The Kier molecular flexibility index (Phi) is 46.8. The molecule has 1 aliphatic heterocycles. The van der Waals surface area contributed by atoms with E-state index in [4.69, 9.17) is 14.2 Å². The van der Waals surface area contributed by atoms with Crippen LogP contribution < -0.4 is 5.32 Å². The molecular formula is C64H105NO10. The minimum atomic E-state index is -1.64. The van der Waals surface area contributed by atoms with Crippen LogP contribution in [0.25, 0.3) is 0 Å². The topological polar surface area (TPSA) is 175 Å². The van der Waals surface area contributed by atoms with Crippen LogP contribution in [0.4, 0.5) is 0 Å². The number of amides is 1. The van der Waals surface area contributed by atoms with E-state index in [2.05, 4.69) is 92.9 Å². The lowest BCUT2D eigenvalue weighted by Gasteiger charge is -2.41. The molecule has 11 heteroatoms. The number of ether oxygens (including phenoxy) is 3. The lowest BCUT2D eigenvalue weighted by molar-refractivity contribution is -0.305. The van der Waals surface area contributed by atoms with Gasteiger partial charge in [0, 0.05) is 6.42 Å². The highest BCUT2D eigenvalue weighted by Gasteiger charge is 2.47. The minimum absolute atomic E-state index is 0.0889. The van der Waals surface area contributed by atoms with Gasteiger partial charge in [-0.15, -0.1) is 0 Å². The van der Waals surface area contributed by atoms with Crippen LogP contribution in [-0.4, -0.2) is 99.6 Å². The van der Waals surface area contributed by atoms with E-state index < -0.39 is 67.4 Å². The third kappa shape index (κ3) is 39.1. The van der Waals surface area contributed by atoms with Gasteiger partial charge in [0.15, 0.2) is 12.4 Å². The molecule has 11 nitrogen and oxygen atoms in total. The van der Waals surface area contributed by atoms with Crippen molar-refractivity contribution in [2.45, 2.75) is 256 Å². The standard InChI is InChI=1S/C64H105NO10/c1-4-7-10-13-16-19-22-25-26-27-28-29-30-31-32-34-37-40-43-46-49-52-59(69)75-62-61(71)60(70)58(53-66)74-64(62)73-54-55(56(67)50-47-44-41-38-36-33-23-20-17-14-11-8-5-2)65-63(72)57(68)51-48-45-42-39-35-24-21-18-15-12-9-6-3/h7,9-10,12,15-16,18-19,21,24-26,28-29,31-32,35,39,47,50,55-58,60-62,64,66-68,70-71H,4-6,8,11,13-14,17,20,22-23,27,30,33-34,36-38,40-46,48-49,51-54H2,1-3H3,(H,65,72)/b10-7-,12-9+,18-15+,19-16-,24-21-,26-25-,29-28-,32-31-,39-35-,50-47+. The van der Waals surface area contributed by atoms with E-state index in [1.165, 1.54) is 51.4 Å². The van der Waals surface area contributed by atoms with Gasteiger partial charge < -0.3 is 45.1 Å². The van der Waals surface area contributed by atoms with Gasteiger partial charge in [-0.05, 0) is 89.9 Å². The molecule has 426 valence electrons.